The molecule has 1 heterocycles. The fourth-order valence-electron chi connectivity index (χ4n) is 1.54. The molecule has 2 rings (SSSR count). The van der Waals surface area contributed by atoms with Gasteiger partial charge in [0.05, 0.1) is 5.69 Å². The minimum atomic E-state index is -0.104. The number of rotatable bonds is 1. The summed E-state index contributed by atoms with van der Waals surface area (Å²) in [7, 11) is 0. The largest absolute Gasteiger partial charge is 0.322 e. The predicted molar refractivity (Wildman–Crippen MR) is 58.0 cm³/mol. The smallest absolute Gasteiger partial charge is 0.248 e. The van der Waals surface area contributed by atoms with Crippen LogP contribution < -0.4 is 11.4 Å². The molecule has 0 aliphatic rings. The highest BCUT2D eigenvalue weighted by molar-refractivity contribution is 5.84. The highest BCUT2D eigenvalue weighted by atomic mass is 16.1. The van der Waals surface area contributed by atoms with Gasteiger partial charge in [-0.2, -0.15) is 0 Å². The highest BCUT2D eigenvalue weighted by Crippen LogP contribution is 2.21. The van der Waals surface area contributed by atoms with Crippen LogP contribution in [0.1, 0.15) is 5.56 Å². The van der Waals surface area contributed by atoms with Gasteiger partial charge < -0.3 is 10.8 Å². The third-order valence-electron chi connectivity index (χ3n) is 2.21. The van der Waals surface area contributed by atoms with Crippen LogP contribution in [-0.4, -0.2) is 4.98 Å². The van der Waals surface area contributed by atoms with Crippen molar-refractivity contribution in [3.8, 4) is 0 Å². The minimum Gasteiger partial charge on any atom is -0.322 e. The van der Waals surface area contributed by atoms with Crippen LogP contribution in [0.4, 0.5) is 5.69 Å². The Balaban J connectivity index is 2.76. The fraction of sp³-hybridized carbons (Fsp3) is 0.100. The number of aryl methyl sites for hydroxylation is 1. The molecular weight excluding hydrogens is 192 g/mol. The van der Waals surface area contributed by atoms with Crippen LogP contribution in [-0.2, 0) is 0 Å². The lowest BCUT2D eigenvalue weighted by atomic mass is 10.1. The molecule has 2 aromatic rings. The van der Waals surface area contributed by atoms with E-state index in [1.807, 2.05) is 13.0 Å². The number of nitrogens with one attached hydrogen (secondary N) is 1. The van der Waals surface area contributed by atoms with E-state index in [-0.39, 0.29) is 5.56 Å². The monoisotopic (exact) mass is 202 g/mol. The average molecular weight is 202 g/mol. The van der Waals surface area contributed by atoms with Gasteiger partial charge in [-0.1, -0.05) is 5.22 Å². The normalized spacial score (nSPS) is 11.3. The Kier molecular flexibility index (Phi) is 2.21. The van der Waals surface area contributed by atoms with Crippen molar-refractivity contribution >= 4 is 16.6 Å². The van der Waals surface area contributed by atoms with Crippen LogP contribution in [0, 0.1) is 6.92 Å². The van der Waals surface area contributed by atoms with E-state index in [0.717, 1.165) is 16.5 Å². The first kappa shape index (κ1) is 9.39. The van der Waals surface area contributed by atoms with Gasteiger partial charge in [0.1, 0.15) is 0 Å². The van der Waals surface area contributed by atoms with Gasteiger partial charge in [0.15, 0.2) is 0 Å². The summed E-state index contributed by atoms with van der Waals surface area (Å²) in [6.07, 6.45) is 0. The number of hydrogen-bond acceptors (Lipinski definition) is 3. The Morgan fingerprint density at radius 3 is 2.87 bits per heavy atom. The van der Waals surface area contributed by atoms with Crippen LogP contribution in [0.5, 0.6) is 0 Å². The molecule has 76 valence electrons. The van der Waals surface area contributed by atoms with E-state index < -0.39 is 0 Å². The third-order valence-corrected chi connectivity index (χ3v) is 2.21. The summed E-state index contributed by atoms with van der Waals surface area (Å²) in [4.78, 5) is 13.9. The summed E-state index contributed by atoms with van der Waals surface area (Å²) in [5, 5.41) is 7.89. The first-order valence-corrected chi connectivity index (χ1v) is 4.45. The second kappa shape index (κ2) is 3.53. The van der Waals surface area contributed by atoms with Gasteiger partial charge in [-0.3, -0.25) is 4.79 Å². The lowest BCUT2D eigenvalue weighted by Crippen LogP contribution is -2.04. The molecule has 0 bridgehead atoms. The van der Waals surface area contributed by atoms with Crippen LogP contribution in [0.25, 0.3) is 10.9 Å². The number of pyridine rings is 1. The Labute approximate surface area is 85.6 Å². The fourth-order valence-corrected chi connectivity index (χ4v) is 1.54. The summed E-state index contributed by atoms with van der Waals surface area (Å²) in [5.41, 5.74) is 2.26. The number of benzene rings is 1. The zero-order valence-electron chi connectivity index (χ0n) is 8.19. The van der Waals surface area contributed by atoms with Crippen molar-refractivity contribution in [3.05, 3.63) is 40.2 Å². The predicted octanol–water partition coefficient (Wildman–Crippen LogP) is 1.79. The van der Waals surface area contributed by atoms with Crippen molar-refractivity contribution in [1.82, 2.24) is 4.98 Å². The lowest BCUT2D eigenvalue weighted by Gasteiger charge is -2.01. The molecule has 5 heteroatoms. The number of nitrogens with two attached hydrogens (primary N) is 1. The van der Waals surface area contributed by atoms with Crippen molar-refractivity contribution < 1.29 is 0 Å². The van der Waals surface area contributed by atoms with Crippen LogP contribution in [0.15, 0.2) is 39.4 Å². The second-order valence-corrected chi connectivity index (χ2v) is 3.26. The summed E-state index contributed by atoms with van der Waals surface area (Å²) >= 11 is 0. The van der Waals surface area contributed by atoms with Crippen LogP contribution in [0.2, 0.25) is 0 Å². The van der Waals surface area contributed by atoms with E-state index in [9.17, 15) is 4.79 Å². The van der Waals surface area contributed by atoms with E-state index in [4.69, 9.17) is 5.84 Å². The van der Waals surface area contributed by atoms with Gasteiger partial charge in [0, 0.05) is 17.0 Å². The zero-order valence-corrected chi connectivity index (χ0v) is 8.19. The Bertz CT molecular complexity index is 585. The number of fused-ring (bicyclic) bond motifs is 1. The topological polar surface area (TPSA) is 83.6 Å². The third kappa shape index (κ3) is 1.71. The molecule has 0 aliphatic heterocycles. The van der Waals surface area contributed by atoms with Gasteiger partial charge in [-0.05, 0) is 30.7 Å². The first-order chi connectivity index (χ1) is 7.20. The van der Waals surface area contributed by atoms with Crippen molar-refractivity contribution in [2.75, 3.05) is 0 Å². The molecule has 0 aliphatic carbocycles. The van der Waals surface area contributed by atoms with E-state index in [2.05, 4.69) is 15.3 Å². The molecule has 1 aromatic carbocycles. The lowest BCUT2D eigenvalue weighted by molar-refractivity contribution is 1.06. The number of aromatic amines is 1. The Morgan fingerprint density at radius 1 is 1.33 bits per heavy atom. The number of hydrogen-bond donors (Lipinski definition) is 2. The van der Waals surface area contributed by atoms with Crippen molar-refractivity contribution in [3.63, 3.8) is 0 Å². The zero-order chi connectivity index (χ0) is 10.8. The van der Waals surface area contributed by atoms with Gasteiger partial charge in [0.2, 0.25) is 5.56 Å². The van der Waals surface area contributed by atoms with Gasteiger partial charge in [0.25, 0.3) is 0 Å². The summed E-state index contributed by atoms with van der Waals surface area (Å²) in [5.74, 6) is 4.97. The first-order valence-electron chi connectivity index (χ1n) is 4.45. The molecule has 0 unspecified atom stereocenters. The summed E-state index contributed by atoms with van der Waals surface area (Å²) in [6, 6.07) is 6.91. The molecule has 0 spiro atoms. The summed E-state index contributed by atoms with van der Waals surface area (Å²) < 4.78 is 0. The molecule has 0 saturated heterocycles. The van der Waals surface area contributed by atoms with Crippen molar-refractivity contribution in [1.29, 1.82) is 0 Å². The maximum atomic E-state index is 11.2. The van der Waals surface area contributed by atoms with E-state index >= 15 is 0 Å². The molecule has 5 nitrogen and oxygen atoms in total. The summed E-state index contributed by atoms with van der Waals surface area (Å²) in [6.45, 7) is 1.88. The SMILES string of the molecule is Cc1cc(=O)[nH]c2ccc(N=NN)cc12. The molecule has 0 fully saturated rings. The van der Waals surface area contributed by atoms with Crippen LogP contribution >= 0.6 is 0 Å². The molecular formula is C10H10N4O. The second-order valence-electron chi connectivity index (χ2n) is 3.26. The minimum absolute atomic E-state index is 0.104. The molecule has 15 heavy (non-hydrogen) atoms. The Morgan fingerprint density at radius 2 is 2.13 bits per heavy atom. The Hall–Kier alpha value is -2.17. The van der Waals surface area contributed by atoms with Gasteiger partial charge in [-0.25, -0.2) is 0 Å². The maximum absolute atomic E-state index is 11.2. The van der Waals surface area contributed by atoms with E-state index in [0.29, 0.717) is 5.69 Å². The van der Waals surface area contributed by atoms with Crippen molar-refractivity contribution in [2.45, 2.75) is 6.92 Å². The number of H-pyrrole nitrogens is 1. The van der Waals surface area contributed by atoms with E-state index in [1.54, 1.807) is 18.2 Å². The standard InChI is InChI=1S/C10H10N4O/c1-6-4-10(15)12-9-3-2-7(13-14-11)5-8(6)9/h2-5H,1H3,(H2,11,13)(H,12,15). The molecule has 0 atom stereocenters. The van der Waals surface area contributed by atoms with Gasteiger partial charge in [-0.15, -0.1) is 5.11 Å². The van der Waals surface area contributed by atoms with Crippen molar-refractivity contribution in [2.24, 2.45) is 16.2 Å². The molecule has 1 aromatic heterocycles. The van der Waals surface area contributed by atoms with Crippen LogP contribution in [0.3, 0.4) is 0 Å². The molecule has 0 radical (unpaired) electrons. The quantitative estimate of drug-likeness (QED) is 0.419. The maximum Gasteiger partial charge on any atom is 0.248 e. The average Bonchev–Trinajstić information content (AvgIpc) is 2.19. The number of nitrogens with zero attached hydrogens (tertiary/aromatic N) is 2. The molecule has 3 N–H and O–H groups in total. The number of aromatic nitrogens is 1. The van der Waals surface area contributed by atoms with E-state index in [1.165, 1.54) is 0 Å². The highest BCUT2D eigenvalue weighted by Gasteiger charge is 2.00. The van der Waals surface area contributed by atoms with Gasteiger partial charge >= 0.3 is 0 Å². The molecule has 0 amide bonds. The molecule has 0 saturated carbocycles.